The van der Waals surface area contributed by atoms with E-state index < -0.39 is 0 Å². The standard InChI is InChI=1S/C16H30N2OS/c1-6-7-8-9-10-16(4,17-11-12-19-5)15-18-13(2)14(3)20-15/h17H,6-12H2,1-5H3. The fourth-order valence-corrected chi connectivity index (χ4v) is 3.38. The van der Waals surface area contributed by atoms with Gasteiger partial charge < -0.3 is 10.1 Å². The number of methoxy groups -OCH3 is 1. The lowest BCUT2D eigenvalue weighted by molar-refractivity contribution is 0.183. The summed E-state index contributed by atoms with van der Waals surface area (Å²) >= 11 is 1.83. The van der Waals surface area contributed by atoms with Crippen molar-refractivity contribution in [3.8, 4) is 0 Å². The van der Waals surface area contributed by atoms with Crippen molar-refractivity contribution < 1.29 is 4.74 Å². The van der Waals surface area contributed by atoms with Crippen molar-refractivity contribution in [1.29, 1.82) is 0 Å². The van der Waals surface area contributed by atoms with E-state index in [-0.39, 0.29) is 5.54 Å². The summed E-state index contributed by atoms with van der Waals surface area (Å²) in [6.07, 6.45) is 6.31. The van der Waals surface area contributed by atoms with E-state index in [0.717, 1.165) is 19.6 Å². The number of thiazole rings is 1. The van der Waals surface area contributed by atoms with E-state index in [1.54, 1.807) is 7.11 Å². The number of hydrogen-bond acceptors (Lipinski definition) is 4. The van der Waals surface area contributed by atoms with Crippen LogP contribution in [0.25, 0.3) is 0 Å². The predicted molar refractivity (Wildman–Crippen MR) is 87.6 cm³/mol. The maximum atomic E-state index is 5.17. The smallest absolute Gasteiger partial charge is 0.113 e. The Morgan fingerprint density at radius 3 is 2.55 bits per heavy atom. The molecule has 116 valence electrons. The summed E-state index contributed by atoms with van der Waals surface area (Å²) in [6, 6.07) is 0. The van der Waals surface area contributed by atoms with Gasteiger partial charge in [0.2, 0.25) is 0 Å². The van der Waals surface area contributed by atoms with E-state index in [4.69, 9.17) is 9.72 Å². The van der Waals surface area contributed by atoms with Crippen LogP contribution in [-0.4, -0.2) is 25.2 Å². The number of ether oxygens (including phenoxy) is 1. The van der Waals surface area contributed by atoms with Gasteiger partial charge in [0.1, 0.15) is 5.01 Å². The Kier molecular flexibility index (Phi) is 7.70. The Morgan fingerprint density at radius 1 is 1.25 bits per heavy atom. The van der Waals surface area contributed by atoms with Gasteiger partial charge in [0.15, 0.2) is 0 Å². The Balaban J connectivity index is 2.71. The van der Waals surface area contributed by atoms with Crippen molar-refractivity contribution in [2.45, 2.75) is 65.3 Å². The van der Waals surface area contributed by atoms with Crippen molar-refractivity contribution in [2.24, 2.45) is 0 Å². The topological polar surface area (TPSA) is 34.1 Å². The van der Waals surface area contributed by atoms with Crippen molar-refractivity contribution in [2.75, 3.05) is 20.3 Å². The lowest BCUT2D eigenvalue weighted by atomic mass is 9.94. The predicted octanol–water partition coefficient (Wildman–Crippen LogP) is 4.18. The monoisotopic (exact) mass is 298 g/mol. The van der Waals surface area contributed by atoms with E-state index in [1.807, 2.05) is 11.3 Å². The quantitative estimate of drug-likeness (QED) is 0.658. The first-order valence-corrected chi connectivity index (χ1v) is 8.53. The summed E-state index contributed by atoms with van der Waals surface area (Å²) in [5.41, 5.74) is 1.15. The molecule has 1 aromatic heterocycles. The second-order valence-electron chi connectivity index (χ2n) is 5.72. The van der Waals surface area contributed by atoms with Gasteiger partial charge in [0, 0.05) is 18.5 Å². The number of nitrogens with one attached hydrogen (secondary N) is 1. The molecule has 0 amide bonds. The van der Waals surface area contributed by atoms with Crippen LogP contribution < -0.4 is 5.32 Å². The number of aryl methyl sites for hydroxylation is 2. The highest BCUT2D eigenvalue weighted by Crippen LogP contribution is 2.32. The van der Waals surface area contributed by atoms with E-state index in [2.05, 4.69) is 33.0 Å². The normalized spacial score (nSPS) is 14.4. The molecule has 1 N–H and O–H groups in total. The molecular weight excluding hydrogens is 268 g/mol. The number of rotatable bonds is 10. The molecule has 0 aliphatic carbocycles. The zero-order valence-electron chi connectivity index (χ0n) is 13.7. The molecule has 3 nitrogen and oxygen atoms in total. The Labute approximate surface area is 128 Å². The summed E-state index contributed by atoms with van der Waals surface area (Å²) in [5, 5.41) is 4.88. The zero-order valence-corrected chi connectivity index (χ0v) is 14.5. The first kappa shape index (κ1) is 17.6. The fourth-order valence-electron chi connectivity index (χ4n) is 2.31. The SMILES string of the molecule is CCCCCCC(C)(NCCOC)c1nc(C)c(C)s1. The molecule has 0 saturated carbocycles. The van der Waals surface area contributed by atoms with E-state index in [1.165, 1.54) is 41.3 Å². The number of unbranched alkanes of at least 4 members (excludes halogenated alkanes) is 3. The summed E-state index contributed by atoms with van der Waals surface area (Å²) < 4.78 is 5.17. The molecule has 1 rings (SSSR count). The van der Waals surface area contributed by atoms with Crippen LogP contribution in [0.5, 0.6) is 0 Å². The molecule has 4 heteroatoms. The van der Waals surface area contributed by atoms with Gasteiger partial charge in [-0.25, -0.2) is 4.98 Å². The first-order valence-electron chi connectivity index (χ1n) is 7.72. The van der Waals surface area contributed by atoms with Crippen LogP contribution in [0.2, 0.25) is 0 Å². The van der Waals surface area contributed by atoms with Gasteiger partial charge in [0.05, 0.1) is 17.8 Å². The summed E-state index contributed by atoms with van der Waals surface area (Å²) in [5.74, 6) is 0. The van der Waals surface area contributed by atoms with Crippen LogP contribution in [0.4, 0.5) is 0 Å². The Bertz CT molecular complexity index is 372. The second kappa shape index (κ2) is 8.75. The minimum atomic E-state index is -0.0179. The van der Waals surface area contributed by atoms with E-state index in [9.17, 15) is 0 Å². The zero-order chi connectivity index (χ0) is 15.0. The number of aromatic nitrogens is 1. The third-order valence-electron chi connectivity index (χ3n) is 3.85. The molecule has 0 spiro atoms. The molecule has 0 bridgehead atoms. The van der Waals surface area contributed by atoms with Gasteiger partial charge in [-0.3, -0.25) is 0 Å². The van der Waals surface area contributed by atoms with Crippen LogP contribution in [0.1, 0.15) is 61.5 Å². The summed E-state index contributed by atoms with van der Waals surface area (Å²) in [7, 11) is 1.75. The minimum Gasteiger partial charge on any atom is -0.383 e. The van der Waals surface area contributed by atoms with Crippen molar-refractivity contribution in [1.82, 2.24) is 10.3 Å². The van der Waals surface area contributed by atoms with Crippen molar-refractivity contribution in [3.05, 3.63) is 15.6 Å². The maximum absolute atomic E-state index is 5.17. The lowest BCUT2D eigenvalue weighted by Gasteiger charge is -2.29. The number of nitrogens with zero attached hydrogens (tertiary/aromatic N) is 1. The van der Waals surface area contributed by atoms with Crippen LogP contribution in [0, 0.1) is 13.8 Å². The molecule has 0 radical (unpaired) electrons. The average Bonchev–Trinajstić information content (AvgIpc) is 2.76. The molecule has 0 aliphatic rings. The average molecular weight is 298 g/mol. The molecule has 20 heavy (non-hydrogen) atoms. The molecule has 0 saturated heterocycles. The third-order valence-corrected chi connectivity index (χ3v) is 5.19. The third kappa shape index (κ3) is 5.15. The van der Waals surface area contributed by atoms with Crippen LogP contribution in [0.3, 0.4) is 0 Å². The fraction of sp³-hybridized carbons (Fsp3) is 0.812. The van der Waals surface area contributed by atoms with Crippen molar-refractivity contribution in [3.63, 3.8) is 0 Å². The van der Waals surface area contributed by atoms with Crippen molar-refractivity contribution >= 4 is 11.3 Å². The summed E-state index contributed by atoms with van der Waals surface area (Å²) in [6.45, 7) is 10.4. The van der Waals surface area contributed by atoms with E-state index >= 15 is 0 Å². The van der Waals surface area contributed by atoms with Crippen LogP contribution >= 0.6 is 11.3 Å². The van der Waals surface area contributed by atoms with Gasteiger partial charge in [-0.05, 0) is 27.2 Å². The van der Waals surface area contributed by atoms with Crippen LogP contribution in [0.15, 0.2) is 0 Å². The van der Waals surface area contributed by atoms with Gasteiger partial charge in [-0.2, -0.15) is 0 Å². The van der Waals surface area contributed by atoms with Crippen LogP contribution in [-0.2, 0) is 10.3 Å². The lowest BCUT2D eigenvalue weighted by Crippen LogP contribution is -2.41. The molecule has 1 aromatic rings. The highest BCUT2D eigenvalue weighted by molar-refractivity contribution is 7.11. The maximum Gasteiger partial charge on any atom is 0.113 e. The van der Waals surface area contributed by atoms with Gasteiger partial charge >= 0.3 is 0 Å². The van der Waals surface area contributed by atoms with Gasteiger partial charge in [0.25, 0.3) is 0 Å². The van der Waals surface area contributed by atoms with E-state index in [0.29, 0.717) is 0 Å². The molecule has 0 aromatic carbocycles. The molecule has 1 atom stereocenters. The molecular formula is C16H30N2OS. The summed E-state index contributed by atoms with van der Waals surface area (Å²) in [4.78, 5) is 6.10. The Morgan fingerprint density at radius 2 is 2.00 bits per heavy atom. The van der Waals surface area contributed by atoms with Gasteiger partial charge in [-0.1, -0.05) is 32.6 Å². The van der Waals surface area contributed by atoms with Gasteiger partial charge in [-0.15, -0.1) is 11.3 Å². The largest absolute Gasteiger partial charge is 0.383 e. The highest BCUT2D eigenvalue weighted by atomic mass is 32.1. The molecule has 1 heterocycles. The first-order chi connectivity index (χ1) is 9.53. The number of hydrogen-bond donors (Lipinski definition) is 1. The molecule has 0 aliphatic heterocycles. The second-order valence-corrected chi connectivity index (χ2v) is 6.93. The molecule has 0 fully saturated rings. The minimum absolute atomic E-state index is 0.0179. The highest BCUT2D eigenvalue weighted by Gasteiger charge is 2.29. The Hall–Kier alpha value is -0.450. The molecule has 1 unspecified atom stereocenters.